The topological polar surface area (TPSA) is 78.8 Å². The number of alkyl halides is 3. The zero-order valence-electron chi connectivity index (χ0n) is 19.5. The summed E-state index contributed by atoms with van der Waals surface area (Å²) in [6.07, 6.45) is -3.74. The molecule has 0 aliphatic carbocycles. The fourth-order valence-electron chi connectivity index (χ4n) is 4.49. The van der Waals surface area contributed by atoms with Gasteiger partial charge in [0, 0.05) is 36.9 Å². The third-order valence-electron chi connectivity index (χ3n) is 6.49. The number of carbonyl (C=O) groups excluding carboxylic acids is 1. The number of aliphatic hydroxyl groups excluding tert-OH is 1. The number of anilines is 2. The number of piperidine rings is 1. The summed E-state index contributed by atoms with van der Waals surface area (Å²) >= 11 is 0. The van der Waals surface area contributed by atoms with Crippen molar-refractivity contribution in [3.63, 3.8) is 0 Å². The number of amides is 1. The fraction of sp³-hybridized carbons (Fsp3) is 0.542. The van der Waals surface area contributed by atoms with E-state index in [0.29, 0.717) is 25.9 Å². The van der Waals surface area contributed by atoms with Gasteiger partial charge in [-0.2, -0.15) is 13.2 Å². The van der Waals surface area contributed by atoms with E-state index >= 15 is 0 Å². The Morgan fingerprint density at radius 1 is 1.15 bits per heavy atom. The van der Waals surface area contributed by atoms with E-state index in [1.807, 2.05) is 24.3 Å². The minimum Gasteiger partial charge on any atom is -0.444 e. The third-order valence-corrected chi connectivity index (χ3v) is 6.49. The van der Waals surface area contributed by atoms with E-state index in [1.54, 1.807) is 23.6 Å². The molecule has 10 heteroatoms. The average molecular weight is 479 g/mol. The quantitative estimate of drug-likeness (QED) is 0.682. The first kappa shape index (κ1) is 24.3. The predicted octanol–water partition coefficient (Wildman–Crippen LogP) is 4.49. The Balaban J connectivity index is 1.58. The maximum Gasteiger partial charge on any atom is 0.433 e. The molecule has 1 amide bonds. The summed E-state index contributed by atoms with van der Waals surface area (Å²) in [7, 11) is 0. The van der Waals surface area contributed by atoms with Gasteiger partial charge in [0.15, 0.2) is 5.69 Å². The van der Waals surface area contributed by atoms with Gasteiger partial charge in [0.1, 0.15) is 6.61 Å². The number of fused-ring (bicyclic) bond motifs is 1. The molecule has 34 heavy (non-hydrogen) atoms. The van der Waals surface area contributed by atoms with E-state index in [2.05, 4.69) is 9.97 Å². The number of ether oxygens (including phenoxy) is 1. The van der Waals surface area contributed by atoms with Gasteiger partial charge in [0.05, 0.1) is 11.4 Å². The molecule has 1 aromatic heterocycles. The second-order valence-corrected chi connectivity index (χ2v) is 9.71. The number of halogens is 3. The lowest BCUT2D eigenvalue weighted by Crippen LogP contribution is -2.50. The van der Waals surface area contributed by atoms with Crippen LogP contribution in [0.15, 0.2) is 24.3 Å². The van der Waals surface area contributed by atoms with E-state index < -0.39 is 23.4 Å². The van der Waals surface area contributed by atoms with Crippen molar-refractivity contribution < 1.29 is 27.8 Å². The number of benzene rings is 1. The molecule has 0 unspecified atom stereocenters. The summed E-state index contributed by atoms with van der Waals surface area (Å²) in [6.45, 7) is 5.80. The summed E-state index contributed by atoms with van der Waals surface area (Å²) in [5, 5.41) is 9.62. The van der Waals surface area contributed by atoms with Gasteiger partial charge < -0.3 is 14.7 Å². The molecule has 0 bridgehead atoms. The van der Waals surface area contributed by atoms with Gasteiger partial charge in [-0.25, -0.2) is 14.8 Å². The Labute approximate surface area is 196 Å². The Bertz CT molecular complexity index is 1070. The molecule has 7 nitrogen and oxygen atoms in total. The largest absolute Gasteiger partial charge is 0.444 e. The van der Waals surface area contributed by atoms with E-state index in [4.69, 9.17) is 4.74 Å². The SMILES string of the molecule is Cc1c(CC(C)(C)CO)nc(N2CCC(N3C(=O)OCc4ccccc43)CC2)nc1C(F)(F)F. The van der Waals surface area contributed by atoms with Crippen molar-refractivity contribution in [2.75, 3.05) is 29.5 Å². The highest BCUT2D eigenvalue weighted by Crippen LogP contribution is 2.36. The number of rotatable bonds is 5. The average Bonchev–Trinajstić information content (AvgIpc) is 2.79. The van der Waals surface area contributed by atoms with Crippen molar-refractivity contribution in [2.24, 2.45) is 5.41 Å². The molecule has 1 fully saturated rings. The number of carbonyl (C=O) groups is 1. The molecule has 0 saturated carbocycles. The normalized spacial score (nSPS) is 17.6. The summed E-state index contributed by atoms with van der Waals surface area (Å²) in [5.74, 6) is 0.0294. The van der Waals surface area contributed by atoms with E-state index in [0.717, 1.165) is 11.3 Å². The summed E-state index contributed by atoms with van der Waals surface area (Å²) in [6, 6.07) is 7.43. The van der Waals surface area contributed by atoms with E-state index in [-0.39, 0.29) is 42.9 Å². The number of cyclic esters (lactones) is 1. The molecular weight excluding hydrogens is 449 g/mol. The highest BCUT2D eigenvalue weighted by molar-refractivity contribution is 5.91. The molecule has 0 radical (unpaired) electrons. The zero-order chi connectivity index (χ0) is 24.7. The molecule has 2 aliphatic rings. The minimum absolute atomic E-state index is 0.0136. The van der Waals surface area contributed by atoms with E-state index in [1.165, 1.54) is 6.92 Å². The van der Waals surface area contributed by atoms with Crippen LogP contribution in [-0.2, 0) is 23.9 Å². The molecule has 3 heterocycles. The van der Waals surface area contributed by atoms with Crippen molar-refractivity contribution >= 4 is 17.7 Å². The number of aromatic nitrogens is 2. The van der Waals surface area contributed by atoms with Crippen LogP contribution >= 0.6 is 0 Å². The molecule has 1 saturated heterocycles. The maximum atomic E-state index is 13.8. The van der Waals surface area contributed by atoms with Gasteiger partial charge in [-0.1, -0.05) is 32.0 Å². The van der Waals surface area contributed by atoms with Crippen LogP contribution < -0.4 is 9.80 Å². The lowest BCUT2D eigenvalue weighted by atomic mass is 9.87. The Morgan fingerprint density at radius 3 is 2.47 bits per heavy atom. The van der Waals surface area contributed by atoms with Crippen LogP contribution in [0.5, 0.6) is 0 Å². The molecule has 184 valence electrons. The summed E-state index contributed by atoms with van der Waals surface area (Å²) < 4.78 is 46.6. The first-order chi connectivity index (χ1) is 16.0. The standard InChI is InChI=1S/C24H29F3N4O3/c1-15-18(12-23(2,3)14-32)28-21(29-20(15)24(25,26)27)30-10-8-17(9-11-30)31-19-7-5-4-6-16(19)13-34-22(31)33/h4-7,17,32H,8-14H2,1-3H3. The minimum atomic E-state index is -4.61. The smallest absolute Gasteiger partial charge is 0.433 e. The van der Waals surface area contributed by atoms with Crippen LogP contribution in [0.1, 0.15) is 49.2 Å². The predicted molar refractivity (Wildman–Crippen MR) is 121 cm³/mol. The Hall–Kier alpha value is -2.88. The van der Waals surface area contributed by atoms with Gasteiger partial charge in [-0.3, -0.25) is 4.90 Å². The second-order valence-electron chi connectivity index (χ2n) is 9.71. The van der Waals surface area contributed by atoms with Crippen molar-refractivity contribution in [2.45, 2.75) is 58.9 Å². The van der Waals surface area contributed by atoms with Crippen LogP contribution in [0.3, 0.4) is 0 Å². The first-order valence-electron chi connectivity index (χ1n) is 11.3. The molecular formula is C24H29F3N4O3. The van der Waals surface area contributed by atoms with Crippen LogP contribution in [0.25, 0.3) is 0 Å². The number of aliphatic hydroxyl groups is 1. The van der Waals surface area contributed by atoms with Crippen molar-refractivity contribution in [3.8, 4) is 0 Å². The van der Waals surface area contributed by atoms with Gasteiger partial charge in [0.2, 0.25) is 5.95 Å². The molecule has 1 aromatic carbocycles. The molecule has 2 aliphatic heterocycles. The van der Waals surface area contributed by atoms with Gasteiger partial charge in [0.25, 0.3) is 0 Å². The molecule has 0 spiro atoms. The summed E-state index contributed by atoms with van der Waals surface area (Å²) in [5.41, 5.74) is 0.451. The van der Waals surface area contributed by atoms with Gasteiger partial charge in [-0.15, -0.1) is 0 Å². The monoisotopic (exact) mass is 478 g/mol. The lowest BCUT2D eigenvalue weighted by molar-refractivity contribution is -0.141. The van der Waals surface area contributed by atoms with Crippen molar-refractivity contribution in [3.05, 3.63) is 46.8 Å². The highest BCUT2D eigenvalue weighted by Gasteiger charge is 2.39. The molecule has 1 N–H and O–H groups in total. The van der Waals surface area contributed by atoms with Crippen LogP contribution in [0.4, 0.5) is 29.6 Å². The third kappa shape index (κ3) is 4.82. The van der Waals surface area contributed by atoms with E-state index in [9.17, 15) is 23.1 Å². The molecule has 0 atom stereocenters. The summed E-state index contributed by atoms with van der Waals surface area (Å²) in [4.78, 5) is 24.3. The van der Waals surface area contributed by atoms with Crippen LogP contribution in [0.2, 0.25) is 0 Å². The van der Waals surface area contributed by atoms with Gasteiger partial charge in [-0.05, 0) is 37.7 Å². The highest BCUT2D eigenvalue weighted by atomic mass is 19.4. The maximum absolute atomic E-state index is 13.8. The van der Waals surface area contributed by atoms with Gasteiger partial charge >= 0.3 is 12.3 Å². The fourth-order valence-corrected chi connectivity index (χ4v) is 4.49. The number of para-hydroxylation sites is 1. The first-order valence-corrected chi connectivity index (χ1v) is 11.3. The molecule has 2 aromatic rings. The van der Waals surface area contributed by atoms with Crippen LogP contribution in [0, 0.1) is 12.3 Å². The Kier molecular flexibility index (Phi) is 6.46. The molecule has 4 rings (SSSR count). The van der Waals surface area contributed by atoms with Crippen LogP contribution in [-0.4, -0.2) is 46.9 Å². The lowest BCUT2D eigenvalue weighted by Gasteiger charge is -2.40. The number of hydrogen-bond donors (Lipinski definition) is 1. The Morgan fingerprint density at radius 2 is 1.82 bits per heavy atom. The number of nitrogens with zero attached hydrogens (tertiary/aromatic N) is 4. The second kappa shape index (κ2) is 9.05. The van der Waals surface area contributed by atoms with Crippen molar-refractivity contribution in [1.29, 1.82) is 0 Å². The number of hydrogen-bond acceptors (Lipinski definition) is 6. The zero-order valence-corrected chi connectivity index (χ0v) is 19.5. The van der Waals surface area contributed by atoms with Crippen molar-refractivity contribution in [1.82, 2.24) is 9.97 Å².